The number of nitrogens with one attached hydrogen (secondary N) is 1. The van der Waals surface area contributed by atoms with Crippen molar-refractivity contribution in [3.63, 3.8) is 0 Å². The summed E-state index contributed by atoms with van der Waals surface area (Å²) in [4.78, 5) is 18.4. The van der Waals surface area contributed by atoms with Gasteiger partial charge in [0.05, 0.1) is 22.7 Å². The van der Waals surface area contributed by atoms with Crippen LogP contribution >= 0.6 is 0 Å². The number of nitrogens with zero attached hydrogens (tertiary/aromatic N) is 4. The third-order valence-electron chi connectivity index (χ3n) is 5.14. The number of hydrogen-bond acceptors (Lipinski definition) is 7. The summed E-state index contributed by atoms with van der Waals surface area (Å²) < 4.78 is 30.5. The van der Waals surface area contributed by atoms with Crippen LogP contribution in [0.5, 0.6) is 0 Å². The zero-order valence-corrected chi connectivity index (χ0v) is 20.6. The van der Waals surface area contributed by atoms with E-state index in [0.29, 0.717) is 37.3 Å². The number of aryl methyl sites for hydroxylation is 1. The predicted octanol–water partition coefficient (Wildman–Crippen LogP) is 3.24. The van der Waals surface area contributed by atoms with Crippen LogP contribution in [0.15, 0.2) is 52.5 Å². The molecule has 180 valence electrons. The third-order valence-corrected chi connectivity index (χ3v) is 6.38. The number of nitriles is 1. The molecule has 2 aromatic rings. The third kappa shape index (κ3) is 6.48. The van der Waals surface area contributed by atoms with Crippen molar-refractivity contribution >= 4 is 28.0 Å². The zero-order chi connectivity index (χ0) is 24.9. The van der Waals surface area contributed by atoms with E-state index in [9.17, 15) is 18.5 Å². The van der Waals surface area contributed by atoms with Gasteiger partial charge in [-0.2, -0.15) is 18.8 Å². The zero-order valence-electron chi connectivity index (χ0n) is 19.8. The van der Waals surface area contributed by atoms with E-state index in [0.717, 1.165) is 11.3 Å². The van der Waals surface area contributed by atoms with Crippen LogP contribution < -0.4 is 9.73 Å². The van der Waals surface area contributed by atoms with Gasteiger partial charge in [0, 0.05) is 37.4 Å². The molecule has 1 aliphatic heterocycles. The van der Waals surface area contributed by atoms with Crippen molar-refractivity contribution < 1.29 is 17.9 Å². The van der Waals surface area contributed by atoms with Gasteiger partial charge < -0.3 is 14.5 Å². The van der Waals surface area contributed by atoms with Gasteiger partial charge in [-0.15, -0.1) is 0 Å². The molecule has 0 saturated carbocycles. The fourth-order valence-electron chi connectivity index (χ4n) is 3.41. The average molecular weight is 484 g/mol. The molecule has 1 N–H and O–H groups in total. The first-order chi connectivity index (χ1) is 16.0. The van der Waals surface area contributed by atoms with Crippen LogP contribution in [0.3, 0.4) is 0 Å². The Hall–Kier alpha value is -3.58. The van der Waals surface area contributed by atoms with Crippen molar-refractivity contribution in [1.29, 1.82) is 5.26 Å². The first-order valence-corrected chi connectivity index (χ1v) is 12.4. The molecule has 0 aliphatic carbocycles. The quantitative estimate of drug-likeness (QED) is 0.516. The van der Waals surface area contributed by atoms with Gasteiger partial charge in [0.2, 0.25) is 0 Å². The molecule has 0 aromatic heterocycles. The second-order valence-electron chi connectivity index (χ2n) is 9.01. The number of hydrogen-bond donors (Lipinski definition) is 1. The number of rotatable bonds is 5. The minimum atomic E-state index is -3.82. The number of carbonyl (C=O) groups is 1. The van der Waals surface area contributed by atoms with Crippen LogP contribution in [-0.4, -0.2) is 57.4 Å². The lowest BCUT2D eigenvalue weighted by molar-refractivity contribution is 0.0240. The Balaban J connectivity index is 1.74. The number of anilines is 1. The van der Waals surface area contributed by atoms with E-state index in [-0.39, 0.29) is 11.0 Å². The van der Waals surface area contributed by atoms with Gasteiger partial charge >= 0.3 is 6.09 Å². The normalized spacial score (nSPS) is 14.7. The van der Waals surface area contributed by atoms with Gasteiger partial charge in [0.25, 0.3) is 10.0 Å². The number of hydrazone groups is 1. The van der Waals surface area contributed by atoms with Crippen molar-refractivity contribution in [2.75, 3.05) is 31.1 Å². The van der Waals surface area contributed by atoms with E-state index in [4.69, 9.17) is 4.74 Å². The second kappa shape index (κ2) is 10.1. The van der Waals surface area contributed by atoms with Crippen LogP contribution in [0.2, 0.25) is 0 Å². The minimum absolute atomic E-state index is 0.111. The maximum absolute atomic E-state index is 12.5. The van der Waals surface area contributed by atoms with Crippen LogP contribution in [0.25, 0.3) is 0 Å². The first kappa shape index (κ1) is 25.1. The van der Waals surface area contributed by atoms with Crippen molar-refractivity contribution in [2.45, 2.75) is 38.2 Å². The van der Waals surface area contributed by atoms with Crippen molar-refractivity contribution in [3.8, 4) is 6.07 Å². The standard InChI is InChI=1S/C24H29N5O4S/c1-18-5-8-21(9-6-18)34(31,32)27-26-17-20-15-19(16-25)7-10-22(20)28-11-13-29(14-12-28)23(30)33-24(2,3)4/h5-10,15,17,27H,11-14H2,1-4H3/b26-17+. The lowest BCUT2D eigenvalue weighted by atomic mass is 10.1. The number of ether oxygens (including phenoxy) is 1. The van der Waals surface area contributed by atoms with E-state index in [1.54, 1.807) is 35.2 Å². The Kier molecular flexibility index (Phi) is 7.47. The Bertz CT molecular complexity index is 1200. The van der Waals surface area contributed by atoms with E-state index in [1.165, 1.54) is 18.3 Å². The van der Waals surface area contributed by atoms with Crippen LogP contribution in [-0.2, 0) is 14.8 Å². The van der Waals surface area contributed by atoms with E-state index in [1.807, 2.05) is 27.7 Å². The fraction of sp³-hybridized carbons (Fsp3) is 0.375. The second-order valence-corrected chi connectivity index (χ2v) is 10.7. The molecule has 1 saturated heterocycles. The maximum Gasteiger partial charge on any atom is 0.410 e. The van der Waals surface area contributed by atoms with Crippen LogP contribution in [0, 0.1) is 18.3 Å². The molecular weight excluding hydrogens is 454 g/mol. The Morgan fingerprint density at radius 2 is 1.76 bits per heavy atom. The summed E-state index contributed by atoms with van der Waals surface area (Å²) in [6.07, 6.45) is 1.04. The molecular formula is C24H29N5O4S. The highest BCUT2D eigenvalue weighted by Gasteiger charge is 2.26. The Labute approximate surface area is 200 Å². The summed E-state index contributed by atoms with van der Waals surface area (Å²) >= 11 is 0. The van der Waals surface area contributed by atoms with Gasteiger partial charge in [0.1, 0.15) is 5.60 Å². The molecule has 0 spiro atoms. The van der Waals surface area contributed by atoms with Crippen molar-refractivity contribution in [3.05, 3.63) is 59.2 Å². The molecule has 10 heteroatoms. The molecule has 1 fully saturated rings. The summed E-state index contributed by atoms with van der Waals surface area (Å²) in [7, 11) is -3.82. The van der Waals surface area contributed by atoms with E-state index >= 15 is 0 Å². The minimum Gasteiger partial charge on any atom is -0.444 e. The highest BCUT2D eigenvalue weighted by atomic mass is 32.2. The molecule has 3 rings (SSSR count). The Morgan fingerprint density at radius 3 is 2.35 bits per heavy atom. The number of sulfonamides is 1. The van der Waals surface area contributed by atoms with Gasteiger partial charge in [-0.3, -0.25) is 0 Å². The average Bonchev–Trinajstić information content (AvgIpc) is 2.78. The van der Waals surface area contributed by atoms with Crippen LogP contribution in [0.4, 0.5) is 10.5 Å². The molecule has 1 heterocycles. The highest BCUT2D eigenvalue weighted by molar-refractivity contribution is 7.89. The van der Waals surface area contributed by atoms with Crippen molar-refractivity contribution in [1.82, 2.24) is 9.73 Å². The largest absolute Gasteiger partial charge is 0.444 e. The number of amides is 1. The van der Waals surface area contributed by atoms with Gasteiger partial charge in [0.15, 0.2) is 0 Å². The molecule has 2 aromatic carbocycles. The number of benzene rings is 2. The summed E-state index contributed by atoms with van der Waals surface area (Å²) in [6, 6.07) is 13.7. The van der Waals surface area contributed by atoms with E-state index < -0.39 is 15.6 Å². The smallest absolute Gasteiger partial charge is 0.410 e. The molecule has 34 heavy (non-hydrogen) atoms. The molecule has 1 aliphatic rings. The molecule has 0 atom stereocenters. The number of carbonyl (C=O) groups excluding carboxylic acids is 1. The Morgan fingerprint density at radius 1 is 1.12 bits per heavy atom. The molecule has 9 nitrogen and oxygen atoms in total. The molecule has 0 radical (unpaired) electrons. The van der Waals surface area contributed by atoms with Gasteiger partial charge in [-0.05, 0) is 58.0 Å². The SMILES string of the molecule is Cc1ccc(S(=O)(=O)N/N=C/c2cc(C#N)ccc2N2CCN(C(=O)OC(C)(C)C)CC2)cc1. The summed E-state index contributed by atoms with van der Waals surface area (Å²) in [5.41, 5.74) is 2.21. The summed E-state index contributed by atoms with van der Waals surface area (Å²) in [5.74, 6) is 0. The summed E-state index contributed by atoms with van der Waals surface area (Å²) in [5, 5.41) is 13.2. The monoisotopic (exact) mass is 483 g/mol. The van der Waals surface area contributed by atoms with Gasteiger partial charge in [-0.1, -0.05) is 17.7 Å². The van der Waals surface area contributed by atoms with Gasteiger partial charge in [-0.25, -0.2) is 9.63 Å². The fourth-order valence-corrected chi connectivity index (χ4v) is 4.20. The maximum atomic E-state index is 12.5. The topological polar surface area (TPSA) is 115 Å². The highest BCUT2D eigenvalue weighted by Crippen LogP contribution is 2.23. The number of piperazine rings is 1. The van der Waals surface area contributed by atoms with E-state index in [2.05, 4.69) is 20.9 Å². The van der Waals surface area contributed by atoms with Crippen LogP contribution in [0.1, 0.15) is 37.5 Å². The lowest BCUT2D eigenvalue weighted by Crippen LogP contribution is -2.50. The molecule has 0 bridgehead atoms. The first-order valence-electron chi connectivity index (χ1n) is 10.9. The van der Waals surface area contributed by atoms with Crippen molar-refractivity contribution in [2.24, 2.45) is 5.10 Å². The molecule has 0 unspecified atom stereocenters. The lowest BCUT2D eigenvalue weighted by Gasteiger charge is -2.37. The predicted molar refractivity (Wildman–Crippen MR) is 130 cm³/mol. The summed E-state index contributed by atoms with van der Waals surface area (Å²) in [6.45, 7) is 9.43. The molecule has 1 amide bonds.